The molecular formula is C29H28BrN3O4S. The number of rotatable bonds is 10. The van der Waals surface area contributed by atoms with E-state index in [0.717, 1.165) is 45.5 Å². The first-order valence-corrected chi connectivity index (χ1v) is 13.9. The zero-order valence-corrected chi connectivity index (χ0v) is 23.6. The van der Waals surface area contributed by atoms with E-state index in [1.165, 1.54) is 0 Å². The summed E-state index contributed by atoms with van der Waals surface area (Å²) in [7, 11) is 0. The van der Waals surface area contributed by atoms with E-state index >= 15 is 0 Å². The number of halogens is 1. The summed E-state index contributed by atoms with van der Waals surface area (Å²) in [6.07, 6.45) is 1.66. The lowest BCUT2D eigenvalue weighted by atomic mass is 10.1. The van der Waals surface area contributed by atoms with Gasteiger partial charge in [-0.2, -0.15) is 0 Å². The SMILES string of the molecule is CCN(CC)c1ccc(/C=C2/SC(=O)N(CC(=O)Nc3ccc(Br)cc3)C2=O)c(OCc2ccccc2)c1. The summed E-state index contributed by atoms with van der Waals surface area (Å²) in [5.74, 6) is -0.350. The Morgan fingerprint density at radius 2 is 1.74 bits per heavy atom. The third kappa shape index (κ3) is 6.85. The minimum Gasteiger partial charge on any atom is -0.488 e. The van der Waals surface area contributed by atoms with Gasteiger partial charge in [-0.05, 0) is 73.6 Å². The Bertz CT molecular complexity index is 1340. The van der Waals surface area contributed by atoms with Crippen LogP contribution in [0.5, 0.6) is 5.75 Å². The average Bonchev–Trinajstić information content (AvgIpc) is 3.18. The maximum atomic E-state index is 13.1. The van der Waals surface area contributed by atoms with E-state index in [1.807, 2.05) is 48.5 Å². The van der Waals surface area contributed by atoms with Gasteiger partial charge in [0.05, 0.1) is 4.91 Å². The van der Waals surface area contributed by atoms with Crippen molar-refractivity contribution in [3.63, 3.8) is 0 Å². The molecule has 1 aliphatic heterocycles. The van der Waals surface area contributed by atoms with Gasteiger partial charge in [-0.25, -0.2) is 0 Å². The van der Waals surface area contributed by atoms with Gasteiger partial charge in [-0.15, -0.1) is 0 Å². The molecule has 0 aliphatic carbocycles. The maximum Gasteiger partial charge on any atom is 0.294 e. The van der Waals surface area contributed by atoms with E-state index in [2.05, 4.69) is 40.0 Å². The monoisotopic (exact) mass is 593 g/mol. The van der Waals surface area contributed by atoms with Gasteiger partial charge in [0, 0.05) is 40.6 Å². The third-order valence-electron chi connectivity index (χ3n) is 5.95. The van der Waals surface area contributed by atoms with Gasteiger partial charge in [0.2, 0.25) is 5.91 Å². The highest BCUT2D eigenvalue weighted by molar-refractivity contribution is 9.10. The van der Waals surface area contributed by atoms with Gasteiger partial charge < -0.3 is 15.0 Å². The summed E-state index contributed by atoms with van der Waals surface area (Å²) in [4.78, 5) is 41.7. The number of nitrogens with one attached hydrogen (secondary N) is 1. The molecule has 38 heavy (non-hydrogen) atoms. The fraction of sp³-hybridized carbons (Fsp3) is 0.207. The summed E-state index contributed by atoms with van der Waals surface area (Å²) in [6.45, 7) is 5.86. The van der Waals surface area contributed by atoms with Crippen molar-refractivity contribution in [2.45, 2.75) is 20.5 Å². The number of amides is 3. The van der Waals surface area contributed by atoms with Crippen molar-refractivity contribution in [2.24, 2.45) is 0 Å². The normalized spacial score (nSPS) is 14.2. The standard InChI is InChI=1S/C29H28BrN3O4S/c1-3-32(4-2)24-15-10-21(25(17-24)37-19-20-8-6-5-7-9-20)16-26-28(35)33(29(36)38-26)18-27(34)31-23-13-11-22(30)12-14-23/h5-17H,3-4,18-19H2,1-2H3,(H,31,34)/b26-16+. The lowest BCUT2D eigenvalue weighted by Crippen LogP contribution is -2.36. The summed E-state index contributed by atoms with van der Waals surface area (Å²) < 4.78 is 7.06. The van der Waals surface area contributed by atoms with Crippen molar-refractivity contribution in [2.75, 3.05) is 29.9 Å². The summed E-state index contributed by atoms with van der Waals surface area (Å²) in [5.41, 5.74) is 3.28. The van der Waals surface area contributed by atoms with Gasteiger partial charge in [0.25, 0.3) is 11.1 Å². The minimum absolute atomic E-state index is 0.242. The zero-order chi connectivity index (χ0) is 27.1. The van der Waals surface area contributed by atoms with Crippen LogP contribution in [0.3, 0.4) is 0 Å². The third-order valence-corrected chi connectivity index (χ3v) is 7.39. The Hall–Kier alpha value is -3.56. The first-order valence-electron chi connectivity index (χ1n) is 12.2. The molecular weight excluding hydrogens is 566 g/mol. The number of nitrogens with zero attached hydrogens (tertiary/aromatic N) is 2. The highest BCUT2D eigenvalue weighted by atomic mass is 79.9. The van der Waals surface area contributed by atoms with Gasteiger partial charge in [-0.3, -0.25) is 19.3 Å². The van der Waals surface area contributed by atoms with E-state index in [4.69, 9.17) is 4.74 Å². The predicted molar refractivity (Wildman–Crippen MR) is 156 cm³/mol. The molecule has 0 atom stereocenters. The van der Waals surface area contributed by atoms with Crippen molar-refractivity contribution >= 4 is 62.2 Å². The van der Waals surface area contributed by atoms with Crippen LogP contribution in [0.4, 0.5) is 16.2 Å². The van der Waals surface area contributed by atoms with Crippen LogP contribution in [0.1, 0.15) is 25.0 Å². The van der Waals surface area contributed by atoms with Gasteiger partial charge >= 0.3 is 0 Å². The Kier molecular flexibility index (Phi) is 9.25. The molecule has 1 saturated heterocycles. The molecule has 0 bridgehead atoms. The lowest BCUT2D eigenvalue weighted by Gasteiger charge is -2.22. The highest BCUT2D eigenvalue weighted by Crippen LogP contribution is 2.35. The second-order valence-corrected chi connectivity index (χ2v) is 10.4. The van der Waals surface area contributed by atoms with Crippen LogP contribution < -0.4 is 15.0 Å². The van der Waals surface area contributed by atoms with Crippen LogP contribution in [0.25, 0.3) is 6.08 Å². The molecule has 0 unspecified atom stereocenters. The van der Waals surface area contributed by atoms with E-state index in [1.54, 1.807) is 30.3 Å². The van der Waals surface area contributed by atoms with E-state index < -0.39 is 17.1 Å². The van der Waals surface area contributed by atoms with Crippen molar-refractivity contribution in [3.05, 3.63) is 93.3 Å². The molecule has 1 fully saturated rings. The Morgan fingerprint density at radius 3 is 2.42 bits per heavy atom. The van der Waals surface area contributed by atoms with Gasteiger partial charge in [0.15, 0.2) is 0 Å². The fourth-order valence-corrected chi connectivity index (χ4v) is 5.04. The van der Waals surface area contributed by atoms with Crippen molar-refractivity contribution in [3.8, 4) is 5.75 Å². The summed E-state index contributed by atoms with van der Waals surface area (Å²) >= 11 is 4.16. The molecule has 3 aromatic carbocycles. The van der Waals surface area contributed by atoms with Gasteiger partial charge in [0.1, 0.15) is 18.9 Å². The zero-order valence-electron chi connectivity index (χ0n) is 21.1. The van der Waals surface area contributed by atoms with Crippen molar-refractivity contribution in [1.82, 2.24) is 4.90 Å². The molecule has 7 nitrogen and oxygen atoms in total. The van der Waals surface area contributed by atoms with Crippen LogP contribution in [0.15, 0.2) is 82.2 Å². The molecule has 0 radical (unpaired) electrons. The molecule has 3 aromatic rings. The minimum atomic E-state index is -0.507. The second-order valence-electron chi connectivity index (χ2n) is 8.49. The lowest BCUT2D eigenvalue weighted by molar-refractivity contribution is -0.127. The Morgan fingerprint density at radius 1 is 1.03 bits per heavy atom. The first kappa shape index (κ1) is 27.5. The molecule has 1 aliphatic rings. The molecule has 4 rings (SSSR count). The topological polar surface area (TPSA) is 79.0 Å². The molecule has 0 spiro atoms. The largest absolute Gasteiger partial charge is 0.488 e. The fourth-order valence-electron chi connectivity index (χ4n) is 3.94. The van der Waals surface area contributed by atoms with Crippen LogP contribution in [-0.2, 0) is 16.2 Å². The number of hydrogen-bond donors (Lipinski definition) is 1. The van der Waals surface area contributed by atoms with Crippen molar-refractivity contribution in [1.29, 1.82) is 0 Å². The van der Waals surface area contributed by atoms with Gasteiger partial charge in [-0.1, -0.05) is 46.3 Å². The molecule has 0 aromatic heterocycles. The second kappa shape index (κ2) is 12.8. The average molecular weight is 595 g/mol. The quantitative estimate of drug-likeness (QED) is 0.268. The number of hydrogen-bond acceptors (Lipinski definition) is 6. The van der Waals surface area contributed by atoms with Crippen molar-refractivity contribution < 1.29 is 19.1 Å². The molecule has 1 heterocycles. The number of anilines is 2. The maximum absolute atomic E-state index is 13.1. The summed E-state index contributed by atoms with van der Waals surface area (Å²) in [5, 5.41) is 2.22. The summed E-state index contributed by atoms with van der Waals surface area (Å²) in [6, 6.07) is 22.7. The van der Waals surface area contributed by atoms with Crippen LogP contribution >= 0.6 is 27.7 Å². The van der Waals surface area contributed by atoms with Crippen LogP contribution in [-0.4, -0.2) is 41.6 Å². The Labute approximate surface area is 235 Å². The molecule has 9 heteroatoms. The number of carbonyl (C=O) groups is 3. The number of carbonyl (C=O) groups excluding carboxylic acids is 3. The van der Waals surface area contributed by atoms with Crippen LogP contribution in [0, 0.1) is 0 Å². The number of benzene rings is 3. The molecule has 1 N–H and O–H groups in total. The number of imide groups is 1. The molecule has 196 valence electrons. The molecule has 0 saturated carbocycles. The van der Waals surface area contributed by atoms with E-state index in [9.17, 15) is 14.4 Å². The number of ether oxygens (including phenoxy) is 1. The Balaban J connectivity index is 1.53. The van der Waals surface area contributed by atoms with E-state index in [-0.39, 0.29) is 11.4 Å². The highest BCUT2D eigenvalue weighted by Gasteiger charge is 2.36. The predicted octanol–water partition coefficient (Wildman–Crippen LogP) is 6.55. The molecule has 3 amide bonds. The van der Waals surface area contributed by atoms with E-state index in [0.29, 0.717) is 23.6 Å². The smallest absolute Gasteiger partial charge is 0.294 e. The first-order chi connectivity index (χ1) is 18.4. The number of thioether (sulfide) groups is 1. The van der Waals surface area contributed by atoms with Crippen LogP contribution in [0.2, 0.25) is 0 Å².